The number of rotatable bonds is 4. The third kappa shape index (κ3) is 2.92. The normalized spacial score (nSPS) is 20.5. The molecule has 2 rings (SSSR count). The van der Waals surface area contributed by atoms with Crippen LogP contribution in [-0.2, 0) is 9.47 Å². The van der Waals surface area contributed by atoms with Crippen molar-refractivity contribution in [3.05, 3.63) is 42.2 Å². The predicted octanol–water partition coefficient (Wildman–Crippen LogP) is 2.07. The zero-order valence-corrected chi connectivity index (χ0v) is 7.35. The van der Waals surface area contributed by atoms with Crippen molar-refractivity contribution in [2.45, 2.75) is 6.10 Å². The molecule has 0 radical (unpaired) electrons. The number of hydrogen-bond donors (Lipinski definition) is 0. The smallest absolute Gasteiger partial charge is 0.116 e. The Balaban J connectivity index is 1.76. The Morgan fingerprint density at radius 1 is 1.38 bits per heavy atom. The first-order chi connectivity index (χ1) is 6.45. The van der Waals surface area contributed by atoms with E-state index >= 15 is 0 Å². The molecule has 1 aliphatic rings. The van der Waals surface area contributed by atoms with Gasteiger partial charge in [-0.1, -0.05) is 30.3 Å². The van der Waals surface area contributed by atoms with Crippen LogP contribution in [0.25, 0.3) is 6.08 Å². The van der Waals surface area contributed by atoms with E-state index in [1.165, 1.54) is 0 Å². The lowest BCUT2D eigenvalue weighted by Crippen LogP contribution is -1.94. The Kier molecular flexibility index (Phi) is 2.62. The summed E-state index contributed by atoms with van der Waals surface area (Å²) in [5.41, 5.74) is 1.15. The first-order valence-electron chi connectivity index (χ1n) is 4.40. The molecule has 0 bridgehead atoms. The van der Waals surface area contributed by atoms with E-state index < -0.39 is 0 Å². The van der Waals surface area contributed by atoms with Gasteiger partial charge in [0.2, 0.25) is 0 Å². The fraction of sp³-hybridized carbons (Fsp3) is 0.273. The molecule has 1 atom stereocenters. The van der Waals surface area contributed by atoms with E-state index in [1.54, 1.807) is 6.26 Å². The molecule has 0 amide bonds. The molecule has 0 aromatic heterocycles. The number of hydrogen-bond acceptors (Lipinski definition) is 2. The van der Waals surface area contributed by atoms with Gasteiger partial charge in [-0.15, -0.1) is 0 Å². The molecular weight excluding hydrogens is 164 g/mol. The van der Waals surface area contributed by atoms with E-state index in [2.05, 4.69) is 0 Å². The van der Waals surface area contributed by atoms with Crippen molar-refractivity contribution in [3.8, 4) is 0 Å². The topological polar surface area (TPSA) is 21.8 Å². The quantitative estimate of drug-likeness (QED) is 0.517. The van der Waals surface area contributed by atoms with Gasteiger partial charge < -0.3 is 9.47 Å². The first-order valence-corrected chi connectivity index (χ1v) is 4.40. The van der Waals surface area contributed by atoms with Crippen molar-refractivity contribution in [2.75, 3.05) is 13.2 Å². The fourth-order valence-electron chi connectivity index (χ4n) is 1.02. The summed E-state index contributed by atoms with van der Waals surface area (Å²) in [6.45, 7) is 1.52. The van der Waals surface area contributed by atoms with Crippen molar-refractivity contribution < 1.29 is 9.47 Å². The highest BCUT2D eigenvalue weighted by Gasteiger charge is 2.22. The van der Waals surface area contributed by atoms with Gasteiger partial charge in [-0.25, -0.2) is 0 Å². The second kappa shape index (κ2) is 4.10. The minimum Gasteiger partial charge on any atom is -0.498 e. The summed E-state index contributed by atoms with van der Waals surface area (Å²) in [5, 5.41) is 0. The van der Waals surface area contributed by atoms with Gasteiger partial charge in [-0.2, -0.15) is 0 Å². The summed E-state index contributed by atoms with van der Waals surface area (Å²) in [7, 11) is 0. The Morgan fingerprint density at radius 3 is 2.85 bits per heavy atom. The SMILES string of the molecule is C(=Cc1ccccc1)OCC1CO1. The standard InChI is InChI=1S/C11H12O2/c1-2-4-10(5-3-1)6-7-12-8-11-9-13-11/h1-7,11H,8-9H2. The molecule has 0 spiro atoms. The van der Waals surface area contributed by atoms with E-state index in [1.807, 2.05) is 36.4 Å². The van der Waals surface area contributed by atoms with Crippen LogP contribution in [0.15, 0.2) is 36.6 Å². The molecule has 2 nitrogen and oxygen atoms in total. The minimum atomic E-state index is 0.334. The van der Waals surface area contributed by atoms with Crippen LogP contribution >= 0.6 is 0 Å². The molecule has 13 heavy (non-hydrogen) atoms. The summed E-state index contributed by atoms with van der Waals surface area (Å²) >= 11 is 0. The van der Waals surface area contributed by atoms with Crippen LogP contribution in [0.1, 0.15) is 5.56 Å². The monoisotopic (exact) mass is 176 g/mol. The van der Waals surface area contributed by atoms with Crippen LogP contribution in [0, 0.1) is 0 Å². The summed E-state index contributed by atoms with van der Waals surface area (Å²) in [4.78, 5) is 0. The highest BCUT2D eigenvalue weighted by atomic mass is 16.6. The van der Waals surface area contributed by atoms with Crippen molar-refractivity contribution in [2.24, 2.45) is 0 Å². The van der Waals surface area contributed by atoms with Gasteiger partial charge >= 0.3 is 0 Å². The average Bonchev–Trinajstić information content (AvgIpc) is 2.98. The van der Waals surface area contributed by atoms with Crippen LogP contribution in [-0.4, -0.2) is 19.3 Å². The molecule has 0 aliphatic carbocycles. The minimum absolute atomic E-state index is 0.334. The van der Waals surface area contributed by atoms with Gasteiger partial charge in [0.1, 0.15) is 12.7 Å². The zero-order valence-electron chi connectivity index (χ0n) is 7.35. The van der Waals surface area contributed by atoms with E-state index in [0.717, 1.165) is 12.2 Å². The largest absolute Gasteiger partial charge is 0.498 e. The molecule has 1 aromatic rings. The van der Waals surface area contributed by atoms with E-state index in [4.69, 9.17) is 9.47 Å². The van der Waals surface area contributed by atoms with Gasteiger partial charge in [0, 0.05) is 0 Å². The maximum Gasteiger partial charge on any atom is 0.116 e. The number of benzene rings is 1. The lowest BCUT2D eigenvalue weighted by molar-refractivity contribution is 0.214. The van der Waals surface area contributed by atoms with E-state index in [0.29, 0.717) is 12.7 Å². The van der Waals surface area contributed by atoms with E-state index in [9.17, 15) is 0 Å². The summed E-state index contributed by atoms with van der Waals surface area (Å²) in [6, 6.07) is 10.1. The lowest BCUT2D eigenvalue weighted by atomic mass is 10.2. The van der Waals surface area contributed by atoms with Crippen molar-refractivity contribution in [1.82, 2.24) is 0 Å². The molecule has 0 N–H and O–H groups in total. The molecule has 1 saturated heterocycles. The molecule has 0 saturated carbocycles. The van der Waals surface area contributed by atoms with Crippen LogP contribution < -0.4 is 0 Å². The van der Waals surface area contributed by atoms with Crippen LogP contribution in [0.3, 0.4) is 0 Å². The lowest BCUT2D eigenvalue weighted by Gasteiger charge is -1.95. The highest BCUT2D eigenvalue weighted by molar-refractivity contribution is 5.47. The first kappa shape index (κ1) is 8.32. The summed E-state index contributed by atoms with van der Waals surface area (Å²) in [6.07, 6.45) is 4.00. The molecule has 1 aliphatic heterocycles. The maximum atomic E-state index is 5.26. The van der Waals surface area contributed by atoms with Gasteiger partial charge in [0.15, 0.2) is 0 Å². The van der Waals surface area contributed by atoms with Crippen LogP contribution in [0.4, 0.5) is 0 Å². The third-order valence-corrected chi connectivity index (χ3v) is 1.84. The third-order valence-electron chi connectivity index (χ3n) is 1.84. The van der Waals surface area contributed by atoms with E-state index in [-0.39, 0.29) is 0 Å². The second-order valence-electron chi connectivity index (χ2n) is 3.00. The highest BCUT2D eigenvalue weighted by Crippen LogP contribution is 2.09. The van der Waals surface area contributed by atoms with Gasteiger partial charge in [-0.3, -0.25) is 0 Å². The molecule has 1 fully saturated rings. The van der Waals surface area contributed by atoms with Gasteiger partial charge in [-0.05, 0) is 11.6 Å². The molecule has 1 heterocycles. The predicted molar refractivity (Wildman–Crippen MR) is 51.2 cm³/mol. The number of ether oxygens (including phenoxy) is 2. The van der Waals surface area contributed by atoms with Gasteiger partial charge in [0.05, 0.1) is 12.9 Å². The van der Waals surface area contributed by atoms with Crippen LogP contribution in [0.2, 0.25) is 0 Å². The fourth-order valence-corrected chi connectivity index (χ4v) is 1.02. The van der Waals surface area contributed by atoms with Crippen molar-refractivity contribution in [1.29, 1.82) is 0 Å². The Labute approximate surface area is 77.8 Å². The summed E-state index contributed by atoms with van der Waals surface area (Å²) in [5.74, 6) is 0. The second-order valence-corrected chi connectivity index (χ2v) is 3.00. The average molecular weight is 176 g/mol. The Hall–Kier alpha value is -1.28. The Bertz CT molecular complexity index is 275. The molecule has 68 valence electrons. The van der Waals surface area contributed by atoms with Crippen LogP contribution in [0.5, 0.6) is 0 Å². The maximum absolute atomic E-state index is 5.26. The molecule has 2 heteroatoms. The van der Waals surface area contributed by atoms with Crippen molar-refractivity contribution in [3.63, 3.8) is 0 Å². The Morgan fingerprint density at radius 2 is 2.15 bits per heavy atom. The van der Waals surface area contributed by atoms with Gasteiger partial charge in [0.25, 0.3) is 0 Å². The molecular formula is C11H12O2. The molecule has 1 unspecified atom stereocenters. The zero-order chi connectivity index (χ0) is 8.93. The van der Waals surface area contributed by atoms with Crippen molar-refractivity contribution >= 4 is 6.08 Å². The summed E-state index contributed by atoms with van der Waals surface area (Å²) < 4.78 is 10.3. The molecule has 1 aromatic carbocycles. The number of epoxide rings is 1.